The van der Waals surface area contributed by atoms with Crippen molar-refractivity contribution in [2.24, 2.45) is 11.5 Å². The highest BCUT2D eigenvalue weighted by atomic mass is 31.2. The number of nitrogens with zero attached hydrogens (tertiary/aromatic N) is 1. The molecule has 9 N–H and O–H groups in total. The molecule has 16 heteroatoms. The molecule has 53 heavy (non-hydrogen) atoms. The van der Waals surface area contributed by atoms with E-state index in [4.69, 9.17) is 21.3 Å². The second kappa shape index (κ2) is 19.7. The van der Waals surface area contributed by atoms with Gasteiger partial charge in [-0.25, -0.2) is 4.57 Å². The third kappa shape index (κ3) is 13.1. The van der Waals surface area contributed by atoms with Crippen LogP contribution in [0.4, 0.5) is 0 Å². The number of phosphoric ester groups is 1. The summed E-state index contributed by atoms with van der Waals surface area (Å²) < 4.78 is 15.9. The monoisotopic (exact) mass is 750 g/mol. The minimum absolute atomic E-state index is 0.0142. The molecule has 0 radical (unpaired) electrons. The maximum absolute atomic E-state index is 14.1. The minimum Gasteiger partial charge on any atom is -0.404 e. The molecule has 1 aliphatic rings. The number of likely N-dealkylation sites (tertiary alicyclic amines) is 1. The van der Waals surface area contributed by atoms with Gasteiger partial charge in [0.25, 0.3) is 0 Å². The van der Waals surface area contributed by atoms with Crippen molar-refractivity contribution in [3.63, 3.8) is 0 Å². The van der Waals surface area contributed by atoms with Gasteiger partial charge in [-0.1, -0.05) is 72.8 Å². The number of carbonyl (C=O) groups excluding carboxylic acids is 5. The van der Waals surface area contributed by atoms with Gasteiger partial charge in [0.1, 0.15) is 29.9 Å². The van der Waals surface area contributed by atoms with Gasteiger partial charge in [-0.2, -0.15) is 0 Å². The third-order valence-corrected chi connectivity index (χ3v) is 9.24. The molecule has 0 aromatic heterocycles. The van der Waals surface area contributed by atoms with Gasteiger partial charge in [0.05, 0.1) is 6.42 Å². The van der Waals surface area contributed by atoms with Gasteiger partial charge in [0, 0.05) is 19.4 Å². The molecule has 1 aliphatic heterocycles. The van der Waals surface area contributed by atoms with Crippen LogP contribution in [0.5, 0.6) is 5.75 Å². The molecule has 15 nitrogen and oxygen atoms in total. The normalized spacial score (nSPS) is 15.8. The fourth-order valence-corrected chi connectivity index (χ4v) is 6.56. The van der Waals surface area contributed by atoms with Gasteiger partial charge in [0.15, 0.2) is 0 Å². The first-order valence-electron chi connectivity index (χ1n) is 17.4. The van der Waals surface area contributed by atoms with Crippen LogP contribution in [0.3, 0.4) is 0 Å². The number of amides is 5. The van der Waals surface area contributed by atoms with E-state index in [-0.39, 0.29) is 38.0 Å². The molecule has 0 aliphatic carbocycles. The molecule has 5 amide bonds. The van der Waals surface area contributed by atoms with Crippen molar-refractivity contribution in [3.8, 4) is 5.75 Å². The van der Waals surface area contributed by atoms with E-state index in [1.807, 2.05) is 36.4 Å². The van der Waals surface area contributed by atoms with Gasteiger partial charge in [0.2, 0.25) is 29.5 Å². The molecule has 0 unspecified atom stereocenters. The first kappa shape index (κ1) is 40.7. The maximum atomic E-state index is 14.1. The van der Waals surface area contributed by atoms with Crippen LogP contribution in [0.2, 0.25) is 0 Å². The first-order valence-corrected chi connectivity index (χ1v) is 19.0. The Morgan fingerprint density at radius 3 is 2.00 bits per heavy atom. The minimum atomic E-state index is -4.79. The molecule has 3 aromatic rings. The van der Waals surface area contributed by atoms with Crippen LogP contribution in [-0.2, 0) is 47.8 Å². The number of carbonyl (C=O) groups is 5. The lowest BCUT2D eigenvalue weighted by molar-refractivity contribution is -0.142. The van der Waals surface area contributed by atoms with E-state index in [2.05, 4.69) is 20.5 Å². The summed E-state index contributed by atoms with van der Waals surface area (Å²) in [6, 6.07) is 19.6. The summed E-state index contributed by atoms with van der Waals surface area (Å²) in [5, 5.41) is 8.30. The Morgan fingerprint density at radius 1 is 0.792 bits per heavy atom. The van der Waals surface area contributed by atoms with Crippen LogP contribution in [0.1, 0.15) is 48.8 Å². The van der Waals surface area contributed by atoms with Crippen LogP contribution in [-0.4, -0.2) is 81.5 Å². The van der Waals surface area contributed by atoms with E-state index in [0.29, 0.717) is 37.8 Å². The number of hydrogen-bond acceptors (Lipinski definition) is 8. The second-order valence-corrected chi connectivity index (χ2v) is 14.1. The summed E-state index contributed by atoms with van der Waals surface area (Å²) >= 11 is 0. The topological polar surface area (TPSA) is 243 Å². The number of benzene rings is 3. The predicted molar refractivity (Wildman–Crippen MR) is 196 cm³/mol. The van der Waals surface area contributed by atoms with Crippen LogP contribution in [0, 0.1) is 0 Å². The summed E-state index contributed by atoms with van der Waals surface area (Å²) in [7, 11) is -4.79. The number of nitrogens with one attached hydrogen (secondary N) is 3. The lowest BCUT2D eigenvalue weighted by Crippen LogP contribution is -2.58. The fourth-order valence-electron chi connectivity index (χ4n) is 6.16. The van der Waals surface area contributed by atoms with Crippen molar-refractivity contribution in [2.45, 2.75) is 75.5 Å². The largest absolute Gasteiger partial charge is 0.524 e. The summed E-state index contributed by atoms with van der Waals surface area (Å²) in [4.78, 5) is 86.8. The van der Waals surface area contributed by atoms with Crippen molar-refractivity contribution in [1.29, 1.82) is 0 Å². The zero-order valence-electron chi connectivity index (χ0n) is 29.3. The Labute approximate surface area is 308 Å². The van der Waals surface area contributed by atoms with Crippen LogP contribution in [0.15, 0.2) is 84.9 Å². The second-order valence-electron chi connectivity index (χ2n) is 12.9. The number of nitrogens with two attached hydrogens (primary N) is 2. The molecule has 0 saturated carbocycles. The number of phosphoric acid groups is 1. The van der Waals surface area contributed by atoms with Crippen LogP contribution < -0.4 is 31.9 Å². The first-order chi connectivity index (χ1) is 25.3. The smallest absolute Gasteiger partial charge is 0.404 e. The number of unbranched alkanes of at least 4 members (excludes halogenated alkanes) is 1. The molecular weight excluding hydrogens is 703 g/mol. The van der Waals surface area contributed by atoms with Gasteiger partial charge in [-0.3, -0.25) is 33.8 Å². The molecule has 1 fully saturated rings. The van der Waals surface area contributed by atoms with Crippen molar-refractivity contribution >= 4 is 37.4 Å². The average molecular weight is 751 g/mol. The Hall–Kier alpha value is -5.08. The van der Waals surface area contributed by atoms with Crippen molar-refractivity contribution in [2.75, 3.05) is 13.1 Å². The SMILES string of the molecule is NCCCC[C@H](NC(=O)[C@H](Cc1ccc(OP(=O)(O)O)cc1)NC(=O)Cc1ccccc1)C(=O)N1CCC[C@H]1C(=O)N[C@@H](Cc1ccccc1)C(N)=O. The van der Waals surface area contributed by atoms with Gasteiger partial charge in [-0.05, 0) is 67.5 Å². The maximum Gasteiger partial charge on any atom is 0.524 e. The van der Waals surface area contributed by atoms with E-state index in [1.165, 1.54) is 29.2 Å². The zero-order chi connectivity index (χ0) is 38.4. The molecule has 4 rings (SSSR count). The van der Waals surface area contributed by atoms with Crippen molar-refractivity contribution in [3.05, 3.63) is 102 Å². The van der Waals surface area contributed by atoms with Gasteiger partial charge >= 0.3 is 7.82 Å². The zero-order valence-corrected chi connectivity index (χ0v) is 30.2. The lowest BCUT2D eigenvalue weighted by atomic mass is 10.0. The summed E-state index contributed by atoms with van der Waals surface area (Å²) in [5.74, 6) is -2.91. The molecule has 3 aromatic carbocycles. The predicted octanol–water partition coefficient (Wildman–Crippen LogP) is 1.25. The Balaban J connectivity index is 1.52. The molecule has 284 valence electrons. The third-order valence-electron chi connectivity index (χ3n) is 8.79. The quantitative estimate of drug-likeness (QED) is 0.0683. The summed E-state index contributed by atoms with van der Waals surface area (Å²) in [5.41, 5.74) is 13.4. The highest BCUT2D eigenvalue weighted by Gasteiger charge is 2.39. The van der Waals surface area contributed by atoms with Crippen LogP contribution in [0.25, 0.3) is 0 Å². The molecule has 0 spiro atoms. The lowest BCUT2D eigenvalue weighted by Gasteiger charge is -2.30. The van der Waals surface area contributed by atoms with Crippen molar-refractivity contribution in [1.82, 2.24) is 20.9 Å². The van der Waals surface area contributed by atoms with E-state index < -0.39 is 61.5 Å². The number of primary amides is 1. The Bertz CT molecular complexity index is 1740. The average Bonchev–Trinajstić information content (AvgIpc) is 3.62. The van der Waals surface area contributed by atoms with Gasteiger partial charge in [-0.15, -0.1) is 0 Å². The van der Waals surface area contributed by atoms with E-state index in [9.17, 15) is 28.5 Å². The Kier molecular flexibility index (Phi) is 15.1. The molecular formula is C37H47N6O9P. The molecule has 1 saturated heterocycles. The standard InChI is InChI=1S/C37H47N6O9P/c38-20-8-7-14-29(37(48)43-21-9-15-32(43)36(47)42-30(34(39)45)22-25-10-3-1-4-11-25)41-35(46)31(40-33(44)24-26-12-5-2-6-13-26)23-27-16-18-28(19-17-27)52-53(49,50)51/h1-6,10-13,16-19,29-32H,7-9,14-15,20-24,38H2,(H2,39,45)(H,40,44)(H,41,46)(H,42,47)(H2,49,50,51)/t29-,30-,31-,32-/m0/s1. The van der Waals surface area contributed by atoms with Crippen LogP contribution >= 0.6 is 7.82 Å². The fraction of sp³-hybridized carbons (Fsp3) is 0.378. The van der Waals surface area contributed by atoms with E-state index in [0.717, 1.165) is 11.1 Å². The van der Waals surface area contributed by atoms with Crippen molar-refractivity contribution < 1.29 is 42.8 Å². The van der Waals surface area contributed by atoms with Gasteiger partial charge < -0.3 is 36.8 Å². The molecule has 4 atom stereocenters. The number of hydrogen-bond donors (Lipinski definition) is 7. The molecule has 1 heterocycles. The Morgan fingerprint density at radius 2 is 1.40 bits per heavy atom. The van der Waals surface area contributed by atoms with E-state index >= 15 is 0 Å². The highest BCUT2D eigenvalue weighted by Crippen LogP contribution is 2.37. The molecule has 0 bridgehead atoms. The number of rotatable bonds is 19. The highest BCUT2D eigenvalue weighted by molar-refractivity contribution is 7.46. The summed E-state index contributed by atoms with van der Waals surface area (Å²) in [6.45, 7) is 0.611. The van der Waals surface area contributed by atoms with E-state index in [1.54, 1.807) is 24.3 Å². The summed E-state index contributed by atoms with van der Waals surface area (Å²) in [6.07, 6.45) is 2.27.